The molecule has 0 atom stereocenters. The molecule has 0 radical (unpaired) electrons. The smallest absolute Gasteiger partial charge is 0.277 e. The highest BCUT2D eigenvalue weighted by molar-refractivity contribution is 7.89. The SMILES string of the molecule is Cc1nn(Cc2cc(F)ccc2F)c(C)c1-c1c[nH]c2ncc(-c3ccc4c(c3)S(=O)(=O)N(C)O4)cc12. The van der Waals surface area contributed by atoms with E-state index in [9.17, 15) is 17.2 Å². The molecule has 0 unspecified atom stereocenters. The van der Waals surface area contributed by atoms with Gasteiger partial charge in [-0.3, -0.25) is 4.68 Å². The Labute approximate surface area is 211 Å². The van der Waals surface area contributed by atoms with Crippen LogP contribution in [0.3, 0.4) is 0 Å². The van der Waals surface area contributed by atoms with Crippen LogP contribution in [0.15, 0.2) is 59.8 Å². The number of nitrogens with zero attached hydrogens (tertiary/aromatic N) is 4. The molecule has 0 bridgehead atoms. The summed E-state index contributed by atoms with van der Waals surface area (Å²) in [7, 11) is -2.37. The molecule has 37 heavy (non-hydrogen) atoms. The van der Waals surface area contributed by atoms with Crippen molar-refractivity contribution in [2.75, 3.05) is 7.05 Å². The molecular weight excluding hydrogens is 500 g/mol. The number of aromatic nitrogens is 4. The van der Waals surface area contributed by atoms with Crippen molar-refractivity contribution >= 4 is 21.1 Å². The van der Waals surface area contributed by atoms with E-state index >= 15 is 0 Å². The number of aromatic amines is 1. The van der Waals surface area contributed by atoms with Crippen LogP contribution >= 0.6 is 0 Å². The maximum Gasteiger partial charge on any atom is 0.277 e. The van der Waals surface area contributed by atoms with Gasteiger partial charge in [-0.05, 0) is 60.3 Å². The van der Waals surface area contributed by atoms with Crippen LogP contribution in [0.4, 0.5) is 8.78 Å². The quantitative estimate of drug-likeness (QED) is 0.361. The van der Waals surface area contributed by atoms with E-state index < -0.39 is 21.7 Å². The summed E-state index contributed by atoms with van der Waals surface area (Å²) in [6.45, 7) is 3.82. The van der Waals surface area contributed by atoms with Gasteiger partial charge in [0.15, 0.2) is 5.75 Å². The summed E-state index contributed by atoms with van der Waals surface area (Å²) in [5.74, 6) is -0.730. The number of hydroxylamine groups is 1. The molecule has 1 aliphatic heterocycles. The zero-order valence-electron chi connectivity index (χ0n) is 20.1. The molecule has 0 saturated heterocycles. The molecule has 188 valence electrons. The van der Waals surface area contributed by atoms with Gasteiger partial charge in [-0.15, -0.1) is 0 Å². The molecule has 0 amide bonds. The molecule has 11 heteroatoms. The molecule has 0 aliphatic carbocycles. The predicted octanol–water partition coefficient (Wildman–Crippen LogP) is 4.96. The Bertz CT molecular complexity index is 1830. The molecule has 0 spiro atoms. The fraction of sp³-hybridized carbons (Fsp3) is 0.154. The van der Waals surface area contributed by atoms with Crippen LogP contribution in [-0.4, -0.2) is 39.7 Å². The normalized spacial score (nSPS) is 14.7. The standard InChI is InChI=1S/C26H21F2N5O3S/c1-14-25(15(2)33(31-14)13-18-8-19(27)5-6-22(18)28)21-12-30-26-20(21)9-17(11-29-26)16-4-7-23-24(10-16)37(34,35)32(3)36-23/h4-12H,13H2,1-3H3,(H,29,30). The van der Waals surface area contributed by atoms with E-state index in [4.69, 9.17) is 4.84 Å². The molecule has 4 heterocycles. The molecule has 1 N–H and O–H groups in total. The summed E-state index contributed by atoms with van der Waals surface area (Å²) < 4.78 is 55.6. The molecule has 1 aliphatic rings. The van der Waals surface area contributed by atoms with Crippen molar-refractivity contribution in [3.8, 4) is 28.0 Å². The Hall–Kier alpha value is -4.09. The Morgan fingerprint density at radius 2 is 1.86 bits per heavy atom. The van der Waals surface area contributed by atoms with Gasteiger partial charge in [-0.1, -0.05) is 6.07 Å². The first-order valence-electron chi connectivity index (χ1n) is 11.4. The number of halogens is 2. The third-order valence-electron chi connectivity index (χ3n) is 6.63. The number of benzene rings is 2. The monoisotopic (exact) mass is 521 g/mol. The van der Waals surface area contributed by atoms with Crippen molar-refractivity contribution in [2.24, 2.45) is 0 Å². The molecular formula is C26H21F2N5O3S. The number of rotatable bonds is 4. The van der Waals surface area contributed by atoms with Crippen LogP contribution in [0, 0.1) is 25.5 Å². The molecule has 6 rings (SSSR count). The predicted molar refractivity (Wildman–Crippen MR) is 133 cm³/mol. The van der Waals surface area contributed by atoms with E-state index in [1.54, 1.807) is 29.1 Å². The van der Waals surface area contributed by atoms with Gasteiger partial charge >= 0.3 is 0 Å². The number of fused-ring (bicyclic) bond motifs is 2. The van der Waals surface area contributed by atoms with E-state index in [1.807, 2.05) is 26.1 Å². The molecule has 3 aromatic heterocycles. The zero-order chi connectivity index (χ0) is 26.1. The van der Waals surface area contributed by atoms with Gasteiger partial charge in [-0.2, -0.15) is 5.10 Å². The van der Waals surface area contributed by atoms with Crippen molar-refractivity contribution in [2.45, 2.75) is 25.3 Å². The van der Waals surface area contributed by atoms with Crippen molar-refractivity contribution in [3.05, 3.63) is 83.4 Å². The molecule has 0 fully saturated rings. The van der Waals surface area contributed by atoms with E-state index in [0.29, 0.717) is 11.2 Å². The molecule has 5 aromatic rings. The van der Waals surface area contributed by atoms with E-state index in [0.717, 1.165) is 50.1 Å². The van der Waals surface area contributed by atoms with Gasteiger partial charge in [0.1, 0.15) is 22.2 Å². The van der Waals surface area contributed by atoms with Crippen molar-refractivity contribution in [1.82, 2.24) is 24.2 Å². The lowest BCUT2D eigenvalue weighted by atomic mass is 10.0. The summed E-state index contributed by atoms with van der Waals surface area (Å²) in [6.07, 6.45) is 3.51. The number of nitrogens with one attached hydrogen (secondary N) is 1. The van der Waals surface area contributed by atoms with Crippen LogP contribution in [-0.2, 0) is 16.6 Å². The van der Waals surface area contributed by atoms with Gasteiger partial charge in [0.2, 0.25) is 0 Å². The van der Waals surface area contributed by atoms with Crippen LogP contribution in [0.5, 0.6) is 5.75 Å². The lowest BCUT2D eigenvalue weighted by Crippen LogP contribution is -2.22. The second kappa shape index (κ2) is 8.22. The minimum Gasteiger partial charge on any atom is -0.390 e. The van der Waals surface area contributed by atoms with E-state index in [-0.39, 0.29) is 22.8 Å². The van der Waals surface area contributed by atoms with Crippen LogP contribution in [0.1, 0.15) is 17.0 Å². The Balaban J connectivity index is 1.43. The summed E-state index contributed by atoms with van der Waals surface area (Å²) in [5.41, 5.74) is 5.48. The van der Waals surface area contributed by atoms with Gasteiger partial charge in [0.25, 0.3) is 10.0 Å². The molecule has 8 nitrogen and oxygen atoms in total. The van der Waals surface area contributed by atoms with Gasteiger partial charge in [-0.25, -0.2) is 22.2 Å². The summed E-state index contributed by atoms with van der Waals surface area (Å²) in [4.78, 5) is 13.1. The lowest BCUT2D eigenvalue weighted by Gasteiger charge is -2.07. The van der Waals surface area contributed by atoms with E-state index in [2.05, 4.69) is 15.1 Å². The number of aryl methyl sites for hydroxylation is 1. The fourth-order valence-corrected chi connectivity index (χ4v) is 5.82. The summed E-state index contributed by atoms with van der Waals surface area (Å²) in [6, 6.07) is 10.3. The molecule has 2 aromatic carbocycles. The van der Waals surface area contributed by atoms with Gasteiger partial charge in [0, 0.05) is 52.8 Å². The van der Waals surface area contributed by atoms with Crippen molar-refractivity contribution in [1.29, 1.82) is 0 Å². The summed E-state index contributed by atoms with van der Waals surface area (Å²) in [5, 5.41) is 5.41. The van der Waals surface area contributed by atoms with Crippen LogP contribution < -0.4 is 4.84 Å². The van der Waals surface area contributed by atoms with E-state index in [1.165, 1.54) is 13.1 Å². The number of sulfonamides is 1. The number of H-pyrrole nitrogens is 1. The average Bonchev–Trinajstić information content (AvgIpc) is 3.47. The maximum atomic E-state index is 14.3. The highest BCUT2D eigenvalue weighted by atomic mass is 32.2. The summed E-state index contributed by atoms with van der Waals surface area (Å²) >= 11 is 0. The first-order valence-corrected chi connectivity index (χ1v) is 12.8. The first-order chi connectivity index (χ1) is 17.6. The van der Waals surface area contributed by atoms with Crippen LogP contribution in [0.2, 0.25) is 0 Å². The van der Waals surface area contributed by atoms with Crippen LogP contribution in [0.25, 0.3) is 33.3 Å². The second-order valence-electron chi connectivity index (χ2n) is 8.93. The third kappa shape index (κ3) is 3.69. The minimum atomic E-state index is -3.71. The van der Waals surface area contributed by atoms with Crippen molar-refractivity contribution < 1.29 is 22.0 Å². The number of hydrogen-bond acceptors (Lipinski definition) is 5. The third-order valence-corrected chi connectivity index (χ3v) is 8.26. The Morgan fingerprint density at radius 1 is 1.05 bits per heavy atom. The maximum absolute atomic E-state index is 14.3. The van der Waals surface area contributed by atoms with Gasteiger partial charge < -0.3 is 9.82 Å². The Kier molecular flexibility index (Phi) is 5.18. The molecule has 0 saturated carbocycles. The highest BCUT2D eigenvalue weighted by Crippen LogP contribution is 2.39. The number of pyridine rings is 1. The zero-order valence-corrected chi connectivity index (χ0v) is 20.9. The van der Waals surface area contributed by atoms with Crippen molar-refractivity contribution in [3.63, 3.8) is 0 Å². The number of hydrogen-bond donors (Lipinski definition) is 1. The fourth-order valence-electron chi connectivity index (χ4n) is 4.73. The largest absolute Gasteiger partial charge is 0.390 e. The lowest BCUT2D eigenvalue weighted by molar-refractivity contribution is 0.0769. The average molecular weight is 522 g/mol. The topological polar surface area (TPSA) is 93.1 Å². The second-order valence-corrected chi connectivity index (χ2v) is 10.8. The first kappa shape index (κ1) is 23.3. The minimum absolute atomic E-state index is 0.0856. The highest BCUT2D eigenvalue weighted by Gasteiger charge is 2.34. The Morgan fingerprint density at radius 3 is 2.68 bits per heavy atom. The van der Waals surface area contributed by atoms with Gasteiger partial charge in [0.05, 0.1) is 12.2 Å².